The highest BCUT2D eigenvalue weighted by molar-refractivity contribution is 7.90. The van der Waals surface area contributed by atoms with E-state index in [1.54, 1.807) is 37.8 Å². The zero-order valence-corrected chi connectivity index (χ0v) is 14.7. The second-order valence-corrected chi connectivity index (χ2v) is 7.81. The van der Waals surface area contributed by atoms with E-state index >= 15 is 0 Å². The van der Waals surface area contributed by atoms with Crippen LogP contribution in [0.25, 0.3) is 17.3 Å². The molecule has 0 aliphatic rings. The topological polar surface area (TPSA) is 64.0 Å². The van der Waals surface area contributed by atoms with Crippen LogP contribution in [0.1, 0.15) is 5.56 Å². The van der Waals surface area contributed by atoms with E-state index in [0.29, 0.717) is 5.69 Å². The monoisotopic (exact) mass is 359 g/mol. The molecule has 0 saturated heterocycles. The number of hydrogen-bond acceptors (Lipinski definition) is 5. The minimum absolute atomic E-state index is 0.0864. The Hall–Kier alpha value is -2.38. The number of anilines is 1. The van der Waals surface area contributed by atoms with Crippen molar-refractivity contribution in [3.8, 4) is 11.3 Å². The lowest BCUT2D eigenvalue weighted by molar-refractivity contribution is 0.591. The summed E-state index contributed by atoms with van der Waals surface area (Å²) in [5.41, 5.74) is 3.18. The van der Waals surface area contributed by atoms with E-state index in [0.717, 1.165) is 16.8 Å². The number of nitrogens with one attached hydrogen (secondary N) is 1. The molecule has 24 heavy (non-hydrogen) atoms. The zero-order valence-electron chi connectivity index (χ0n) is 13.1. The molecule has 3 rings (SSSR count). The second kappa shape index (κ2) is 7.02. The fourth-order valence-electron chi connectivity index (χ4n) is 2.29. The summed E-state index contributed by atoms with van der Waals surface area (Å²) in [4.78, 5) is 4.01. The molecule has 0 aliphatic carbocycles. The number of thiophene rings is 1. The van der Waals surface area contributed by atoms with Crippen LogP contribution < -0.4 is 5.32 Å². The first-order chi connectivity index (χ1) is 11.6. The Morgan fingerprint density at radius 2 is 2.25 bits per heavy atom. The van der Waals surface area contributed by atoms with Crippen LogP contribution in [0.2, 0.25) is 0 Å². The summed E-state index contributed by atoms with van der Waals surface area (Å²) in [6.07, 6.45) is 8.38. The van der Waals surface area contributed by atoms with Gasteiger partial charge in [-0.2, -0.15) is 11.3 Å². The first-order valence-corrected chi connectivity index (χ1v) is 9.88. The highest BCUT2D eigenvalue weighted by Gasteiger charge is 2.18. The molecule has 0 aromatic carbocycles. The van der Waals surface area contributed by atoms with Gasteiger partial charge in [0.05, 0.1) is 17.1 Å². The van der Waals surface area contributed by atoms with Crippen LogP contribution in [-0.2, 0) is 10.0 Å². The van der Waals surface area contributed by atoms with Crippen LogP contribution in [-0.4, -0.2) is 30.2 Å². The van der Waals surface area contributed by atoms with E-state index in [4.69, 9.17) is 0 Å². The number of pyridine rings is 1. The van der Waals surface area contributed by atoms with Gasteiger partial charge in [-0.3, -0.25) is 4.98 Å². The molecule has 0 unspecified atom stereocenters. The molecule has 0 radical (unpaired) electrons. The van der Waals surface area contributed by atoms with Crippen molar-refractivity contribution in [3.05, 3.63) is 65.3 Å². The van der Waals surface area contributed by atoms with Gasteiger partial charge in [-0.05, 0) is 29.1 Å². The molecule has 7 heteroatoms. The van der Waals surface area contributed by atoms with Crippen molar-refractivity contribution in [2.45, 2.75) is 0 Å². The Morgan fingerprint density at radius 3 is 2.92 bits per heavy atom. The zero-order chi connectivity index (χ0) is 17.0. The quantitative estimate of drug-likeness (QED) is 0.731. The molecule has 124 valence electrons. The predicted molar refractivity (Wildman–Crippen MR) is 99.7 cm³/mol. The van der Waals surface area contributed by atoms with E-state index in [2.05, 4.69) is 10.3 Å². The minimum atomic E-state index is -3.50. The average molecular weight is 359 g/mol. The number of hydrogen-bond donors (Lipinski definition) is 1. The summed E-state index contributed by atoms with van der Waals surface area (Å²) in [6, 6.07) is 7.44. The van der Waals surface area contributed by atoms with Crippen molar-refractivity contribution in [3.63, 3.8) is 0 Å². The van der Waals surface area contributed by atoms with Crippen molar-refractivity contribution >= 4 is 33.1 Å². The molecule has 0 spiro atoms. The van der Waals surface area contributed by atoms with Crippen molar-refractivity contribution in [2.24, 2.45) is 0 Å². The fourth-order valence-corrected chi connectivity index (χ4v) is 4.17. The van der Waals surface area contributed by atoms with Gasteiger partial charge in [0, 0.05) is 36.6 Å². The second-order valence-electron chi connectivity index (χ2n) is 5.14. The summed E-state index contributed by atoms with van der Waals surface area (Å²) >= 11 is 1.54. The van der Waals surface area contributed by atoms with E-state index in [1.165, 1.54) is 15.3 Å². The SMILES string of the molecule is CNc1cc(-c2ccsc2)n(S(=O)(=O)CC=Cc2cccnc2)c1. The van der Waals surface area contributed by atoms with Gasteiger partial charge in [0.25, 0.3) is 0 Å². The molecular formula is C17H17N3O2S2. The first-order valence-electron chi connectivity index (χ1n) is 7.33. The van der Waals surface area contributed by atoms with E-state index in [1.807, 2.05) is 35.0 Å². The summed E-state index contributed by atoms with van der Waals surface area (Å²) in [5, 5.41) is 6.86. The summed E-state index contributed by atoms with van der Waals surface area (Å²) < 4.78 is 26.8. The normalized spacial score (nSPS) is 11.9. The lowest BCUT2D eigenvalue weighted by Gasteiger charge is -2.07. The molecule has 3 aromatic heterocycles. The maximum Gasteiger partial charge on any atom is 0.242 e. The summed E-state index contributed by atoms with van der Waals surface area (Å²) in [5.74, 6) is -0.0864. The van der Waals surface area contributed by atoms with Crippen LogP contribution in [0, 0.1) is 0 Å². The summed E-state index contributed by atoms with van der Waals surface area (Å²) in [6.45, 7) is 0. The molecule has 3 aromatic rings. The number of rotatable bonds is 6. The van der Waals surface area contributed by atoms with Crippen LogP contribution in [0.5, 0.6) is 0 Å². The van der Waals surface area contributed by atoms with Crippen molar-refractivity contribution in [2.75, 3.05) is 18.1 Å². The Bertz CT molecular complexity index is 928. The smallest absolute Gasteiger partial charge is 0.242 e. The Labute approximate surface area is 145 Å². The van der Waals surface area contributed by atoms with E-state index < -0.39 is 10.0 Å². The van der Waals surface area contributed by atoms with Crippen LogP contribution >= 0.6 is 11.3 Å². The van der Waals surface area contributed by atoms with Gasteiger partial charge in [-0.15, -0.1) is 0 Å². The van der Waals surface area contributed by atoms with Gasteiger partial charge >= 0.3 is 0 Å². The highest BCUT2D eigenvalue weighted by Crippen LogP contribution is 2.28. The fraction of sp³-hybridized carbons (Fsp3) is 0.118. The van der Waals surface area contributed by atoms with Crippen LogP contribution in [0.4, 0.5) is 5.69 Å². The number of nitrogens with zero attached hydrogens (tertiary/aromatic N) is 2. The van der Waals surface area contributed by atoms with Crippen molar-refractivity contribution < 1.29 is 8.42 Å². The van der Waals surface area contributed by atoms with Gasteiger partial charge in [-0.1, -0.05) is 18.2 Å². The number of aromatic nitrogens is 2. The summed E-state index contributed by atoms with van der Waals surface area (Å²) in [7, 11) is -1.73. The van der Waals surface area contributed by atoms with Crippen molar-refractivity contribution in [1.29, 1.82) is 0 Å². The Kier molecular flexibility index (Phi) is 4.82. The third-order valence-corrected chi connectivity index (χ3v) is 5.69. The average Bonchev–Trinajstić information content (AvgIpc) is 3.25. The molecule has 5 nitrogen and oxygen atoms in total. The first kappa shape index (κ1) is 16.5. The Balaban J connectivity index is 1.89. The molecule has 1 N–H and O–H groups in total. The standard InChI is InChI=1S/C17H17N3O2S2/c1-18-16-10-17(15-6-8-23-13-15)20(12-16)24(21,22)9-3-5-14-4-2-7-19-11-14/h2-8,10-13,18H,9H2,1H3. The maximum absolute atomic E-state index is 12.7. The van der Waals surface area contributed by atoms with Gasteiger partial charge in [0.15, 0.2) is 0 Å². The third kappa shape index (κ3) is 3.58. The van der Waals surface area contributed by atoms with Gasteiger partial charge in [-0.25, -0.2) is 12.4 Å². The molecule has 0 saturated carbocycles. The van der Waals surface area contributed by atoms with Crippen LogP contribution in [0.15, 0.2) is 59.7 Å². The van der Waals surface area contributed by atoms with Crippen molar-refractivity contribution in [1.82, 2.24) is 8.96 Å². The lowest BCUT2D eigenvalue weighted by Crippen LogP contribution is -2.15. The predicted octanol–water partition coefficient (Wildman–Crippen LogP) is 3.54. The molecule has 3 heterocycles. The Morgan fingerprint density at radius 1 is 1.38 bits per heavy atom. The lowest BCUT2D eigenvalue weighted by atomic mass is 10.2. The van der Waals surface area contributed by atoms with Gasteiger partial charge < -0.3 is 5.32 Å². The van der Waals surface area contributed by atoms with Gasteiger partial charge in [0.1, 0.15) is 0 Å². The molecule has 0 bridgehead atoms. The molecular weight excluding hydrogens is 342 g/mol. The highest BCUT2D eigenvalue weighted by atomic mass is 32.2. The maximum atomic E-state index is 12.7. The molecule has 0 atom stereocenters. The minimum Gasteiger partial charge on any atom is -0.387 e. The van der Waals surface area contributed by atoms with Gasteiger partial charge in [0.2, 0.25) is 10.0 Å². The molecule has 0 fully saturated rings. The van der Waals surface area contributed by atoms with E-state index in [9.17, 15) is 8.42 Å². The molecule has 0 amide bonds. The van der Waals surface area contributed by atoms with E-state index in [-0.39, 0.29) is 5.75 Å². The molecule has 0 aliphatic heterocycles. The largest absolute Gasteiger partial charge is 0.387 e. The third-order valence-electron chi connectivity index (χ3n) is 3.49. The van der Waals surface area contributed by atoms with Crippen LogP contribution in [0.3, 0.4) is 0 Å².